The minimum absolute atomic E-state index is 0.0146. The van der Waals surface area contributed by atoms with Crippen molar-refractivity contribution >= 4 is 21.6 Å². The molecule has 33 heavy (non-hydrogen) atoms. The molecule has 176 valence electrons. The van der Waals surface area contributed by atoms with Crippen molar-refractivity contribution in [3.05, 3.63) is 72.7 Å². The Morgan fingerprint density at radius 1 is 1.09 bits per heavy atom. The number of ether oxygens (including phenoxy) is 2. The summed E-state index contributed by atoms with van der Waals surface area (Å²) in [6.45, 7) is -1.67. The first-order valence-electron chi connectivity index (χ1n) is 9.88. The average Bonchev–Trinajstić information content (AvgIpc) is 3.28. The quantitative estimate of drug-likeness (QED) is 0.444. The second-order valence-electron chi connectivity index (χ2n) is 6.68. The highest BCUT2D eigenvalue weighted by molar-refractivity contribution is 7.89. The van der Waals surface area contributed by atoms with Crippen LogP contribution in [-0.4, -0.2) is 38.4 Å². The maximum atomic E-state index is 13.3. The number of carbonyl (C=O) groups excluding carboxylic acids is 1. The number of amides is 1. The first-order chi connectivity index (χ1) is 15.8. The van der Waals surface area contributed by atoms with Crippen molar-refractivity contribution in [2.75, 3.05) is 18.5 Å². The van der Waals surface area contributed by atoms with Crippen LogP contribution < -0.4 is 14.8 Å². The summed E-state index contributed by atoms with van der Waals surface area (Å²) in [4.78, 5) is 12.6. The molecule has 0 aliphatic carbocycles. The fourth-order valence-electron chi connectivity index (χ4n) is 2.94. The zero-order valence-corrected chi connectivity index (χ0v) is 18.4. The van der Waals surface area contributed by atoms with Crippen molar-refractivity contribution in [1.29, 1.82) is 0 Å². The Kier molecular flexibility index (Phi) is 8.01. The molecule has 0 spiro atoms. The van der Waals surface area contributed by atoms with E-state index >= 15 is 0 Å². The second-order valence-corrected chi connectivity index (χ2v) is 8.62. The fourth-order valence-corrected chi connectivity index (χ4v) is 4.31. The molecule has 8 nitrogen and oxygen atoms in total. The second kappa shape index (κ2) is 10.9. The molecule has 1 amide bonds. The molecule has 0 atom stereocenters. The first kappa shape index (κ1) is 24.2. The molecule has 1 aromatic heterocycles. The normalized spacial score (nSPS) is 11.5. The summed E-state index contributed by atoms with van der Waals surface area (Å²) in [7, 11) is -4.12. The van der Waals surface area contributed by atoms with Gasteiger partial charge in [0, 0.05) is 0 Å². The van der Waals surface area contributed by atoms with Gasteiger partial charge in [-0.25, -0.2) is 8.42 Å². The summed E-state index contributed by atoms with van der Waals surface area (Å²) in [6.07, 6.45) is 1.38. The molecule has 3 aromatic rings. The van der Waals surface area contributed by atoms with E-state index in [0.29, 0.717) is 18.1 Å². The minimum Gasteiger partial charge on any atom is -0.494 e. The van der Waals surface area contributed by atoms with E-state index in [2.05, 4.69) is 10.1 Å². The van der Waals surface area contributed by atoms with Crippen molar-refractivity contribution < 1.29 is 35.9 Å². The molecule has 11 heteroatoms. The molecule has 0 bridgehead atoms. The lowest BCUT2D eigenvalue weighted by atomic mass is 10.3. The highest BCUT2D eigenvalue weighted by Gasteiger charge is 2.28. The van der Waals surface area contributed by atoms with E-state index in [0.717, 1.165) is 4.31 Å². The third kappa shape index (κ3) is 6.53. The highest BCUT2D eigenvalue weighted by Crippen LogP contribution is 2.26. The van der Waals surface area contributed by atoms with Crippen molar-refractivity contribution in [2.45, 2.75) is 25.0 Å². The van der Waals surface area contributed by atoms with Crippen LogP contribution in [0.25, 0.3) is 0 Å². The number of sulfonamides is 1. The number of alkyl halides is 2. The number of hydrogen-bond donors (Lipinski definition) is 1. The van der Waals surface area contributed by atoms with Gasteiger partial charge in [-0.1, -0.05) is 12.1 Å². The maximum absolute atomic E-state index is 13.3. The lowest BCUT2D eigenvalue weighted by Crippen LogP contribution is -2.37. The number of halogens is 2. The molecule has 0 unspecified atom stereocenters. The van der Waals surface area contributed by atoms with Crippen LogP contribution in [0.2, 0.25) is 0 Å². The minimum atomic E-state index is -4.12. The Hall–Kier alpha value is -3.44. The molecular formula is C22H22F2N2O6S. The summed E-state index contributed by atoms with van der Waals surface area (Å²) in [5, 5.41) is 2.42. The Bertz CT molecular complexity index is 1150. The van der Waals surface area contributed by atoms with Gasteiger partial charge < -0.3 is 19.2 Å². The Labute approximate surface area is 189 Å². The Morgan fingerprint density at radius 3 is 2.45 bits per heavy atom. The number of carbonyl (C=O) groups is 1. The molecule has 2 aromatic carbocycles. The van der Waals surface area contributed by atoms with E-state index in [1.807, 2.05) is 0 Å². The molecule has 0 radical (unpaired) electrons. The van der Waals surface area contributed by atoms with Gasteiger partial charge in [-0.05, 0) is 55.5 Å². The number of rotatable bonds is 11. The molecule has 0 aliphatic heterocycles. The van der Waals surface area contributed by atoms with Gasteiger partial charge in [-0.2, -0.15) is 13.1 Å². The van der Waals surface area contributed by atoms with Crippen molar-refractivity contribution in [1.82, 2.24) is 4.31 Å². The maximum Gasteiger partial charge on any atom is 0.387 e. The van der Waals surface area contributed by atoms with Gasteiger partial charge in [0.15, 0.2) is 0 Å². The molecular weight excluding hydrogens is 458 g/mol. The van der Waals surface area contributed by atoms with E-state index in [4.69, 9.17) is 9.15 Å². The predicted molar refractivity (Wildman–Crippen MR) is 116 cm³/mol. The third-order valence-corrected chi connectivity index (χ3v) is 6.19. The molecule has 1 heterocycles. The summed E-state index contributed by atoms with van der Waals surface area (Å²) in [5.41, 5.74) is -0.0146. The summed E-state index contributed by atoms with van der Waals surface area (Å²) in [5.74, 6) is -0.171. The standard InChI is InChI=1S/C22H22F2N2O6S/c1-2-30-16-9-11-18(12-10-16)33(28,29)26(14-17-6-5-13-31-17)15-21(27)25-19-7-3-4-8-20(19)32-22(23)24/h3-13,22H,2,14-15H2,1H3,(H,25,27). The number of hydrogen-bond acceptors (Lipinski definition) is 6. The lowest BCUT2D eigenvalue weighted by Gasteiger charge is -2.21. The van der Waals surface area contributed by atoms with Gasteiger partial charge in [0.25, 0.3) is 0 Å². The largest absolute Gasteiger partial charge is 0.494 e. The van der Waals surface area contributed by atoms with Gasteiger partial charge >= 0.3 is 6.61 Å². The summed E-state index contributed by atoms with van der Waals surface area (Å²) < 4.78 is 67.7. The van der Waals surface area contributed by atoms with E-state index in [1.165, 1.54) is 54.8 Å². The van der Waals surface area contributed by atoms with Crippen LogP contribution in [0.15, 0.2) is 76.2 Å². The van der Waals surface area contributed by atoms with Crippen LogP contribution in [0.3, 0.4) is 0 Å². The van der Waals surface area contributed by atoms with Gasteiger partial charge in [-0.15, -0.1) is 0 Å². The van der Waals surface area contributed by atoms with Gasteiger partial charge in [0.05, 0.1) is 36.5 Å². The fraction of sp³-hybridized carbons (Fsp3) is 0.227. The predicted octanol–water partition coefficient (Wildman–Crippen LogP) is 4.11. The van der Waals surface area contributed by atoms with E-state index in [9.17, 15) is 22.0 Å². The zero-order chi connectivity index (χ0) is 23.8. The van der Waals surface area contributed by atoms with Crippen molar-refractivity contribution in [3.63, 3.8) is 0 Å². The summed E-state index contributed by atoms with van der Waals surface area (Å²) >= 11 is 0. The van der Waals surface area contributed by atoms with Crippen LogP contribution in [0.1, 0.15) is 12.7 Å². The first-order valence-corrected chi connectivity index (χ1v) is 11.3. The number of anilines is 1. The SMILES string of the molecule is CCOc1ccc(S(=O)(=O)N(CC(=O)Nc2ccccc2OC(F)F)Cc2ccco2)cc1. The number of para-hydroxylation sites is 2. The monoisotopic (exact) mass is 480 g/mol. The van der Waals surface area contributed by atoms with Gasteiger partial charge in [0.2, 0.25) is 15.9 Å². The molecule has 3 rings (SSSR count). The van der Waals surface area contributed by atoms with Gasteiger partial charge in [-0.3, -0.25) is 4.79 Å². The van der Waals surface area contributed by atoms with Crippen LogP contribution >= 0.6 is 0 Å². The topological polar surface area (TPSA) is 98.1 Å². The molecule has 0 fully saturated rings. The van der Waals surface area contributed by atoms with Crippen LogP contribution in [-0.2, 0) is 21.4 Å². The summed E-state index contributed by atoms with van der Waals surface area (Å²) in [6, 6.07) is 14.6. The molecule has 0 saturated heterocycles. The zero-order valence-electron chi connectivity index (χ0n) is 17.6. The number of furan rings is 1. The highest BCUT2D eigenvalue weighted by atomic mass is 32.2. The van der Waals surface area contributed by atoms with E-state index < -0.39 is 29.1 Å². The average molecular weight is 480 g/mol. The van der Waals surface area contributed by atoms with Crippen molar-refractivity contribution in [3.8, 4) is 11.5 Å². The molecule has 0 saturated carbocycles. The van der Waals surface area contributed by atoms with Crippen LogP contribution in [0.4, 0.5) is 14.5 Å². The molecule has 0 aliphatic rings. The Balaban J connectivity index is 1.83. The van der Waals surface area contributed by atoms with E-state index in [-0.39, 0.29) is 22.9 Å². The lowest BCUT2D eigenvalue weighted by molar-refractivity contribution is -0.116. The van der Waals surface area contributed by atoms with Crippen LogP contribution in [0, 0.1) is 0 Å². The Morgan fingerprint density at radius 2 is 1.82 bits per heavy atom. The van der Waals surface area contributed by atoms with E-state index in [1.54, 1.807) is 19.1 Å². The number of nitrogens with zero attached hydrogens (tertiary/aromatic N) is 1. The van der Waals surface area contributed by atoms with Crippen molar-refractivity contribution in [2.24, 2.45) is 0 Å². The molecule has 1 N–H and O–H groups in total. The smallest absolute Gasteiger partial charge is 0.387 e. The number of benzene rings is 2. The van der Waals surface area contributed by atoms with Gasteiger partial charge in [0.1, 0.15) is 17.3 Å². The van der Waals surface area contributed by atoms with Crippen LogP contribution in [0.5, 0.6) is 11.5 Å². The third-order valence-electron chi connectivity index (χ3n) is 4.38. The number of nitrogens with one attached hydrogen (secondary N) is 1.